The van der Waals surface area contributed by atoms with Crippen molar-refractivity contribution in [3.05, 3.63) is 179 Å². The van der Waals surface area contributed by atoms with E-state index in [1.54, 1.807) is 6.07 Å². The van der Waals surface area contributed by atoms with Gasteiger partial charge in [0.25, 0.3) is 11.8 Å². The van der Waals surface area contributed by atoms with Gasteiger partial charge in [-0.05, 0) is 131 Å². The Balaban J connectivity index is 1.23. The number of benzene rings is 7. The average molecular weight is 695 g/mol. The zero-order valence-electron chi connectivity index (χ0n) is 29.5. The summed E-state index contributed by atoms with van der Waals surface area (Å²) in [5.41, 5.74) is 12.9. The van der Waals surface area contributed by atoms with Gasteiger partial charge in [-0.25, -0.2) is 4.90 Å². The van der Waals surface area contributed by atoms with Crippen LogP contribution >= 0.6 is 0 Å². The number of aryl methyl sites for hydroxylation is 2. The number of nitriles is 2. The quantitative estimate of drug-likeness (QED) is 0.168. The molecule has 0 unspecified atom stereocenters. The SMILES string of the molecule is Cc1cc(C#N)ccc1-c1ccc2c(c1)c1cc(-c3ccc(C#N)cc3C)ccc1n2-c1cccc2c1C(=O)N(c1ccc(-c3ccccc3)cc1)C2=O. The molecule has 2 amide bonds. The molecule has 0 atom stereocenters. The van der Waals surface area contributed by atoms with E-state index in [2.05, 4.69) is 53.1 Å². The minimum Gasteiger partial charge on any atom is -0.308 e. The van der Waals surface area contributed by atoms with Gasteiger partial charge in [0.05, 0.1) is 56.8 Å². The van der Waals surface area contributed by atoms with Crippen molar-refractivity contribution in [3.8, 4) is 51.2 Å². The van der Waals surface area contributed by atoms with E-state index in [9.17, 15) is 20.1 Å². The normalized spacial score (nSPS) is 12.3. The summed E-state index contributed by atoms with van der Waals surface area (Å²) in [6.07, 6.45) is 0. The Kier molecular flexibility index (Phi) is 7.55. The van der Waals surface area contributed by atoms with E-state index in [-0.39, 0.29) is 11.8 Å². The van der Waals surface area contributed by atoms with Gasteiger partial charge < -0.3 is 4.57 Å². The number of amides is 2. The van der Waals surface area contributed by atoms with Crippen molar-refractivity contribution in [1.82, 2.24) is 4.57 Å². The maximum Gasteiger partial charge on any atom is 0.268 e. The fourth-order valence-electron chi connectivity index (χ4n) is 7.85. The molecule has 0 saturated heterocycles. The average Bonchev–Trinajstić information content (AvgIpc) is 3.67. The summed E-state index contributed by atoms with van der Waals surface area (Å²) >= 11 is 0. The van der Waals surface area contributed by atoms with Crippen molar-refractivity contribution in [2.45, 2.75) is 13.8 Å². The summed E-state index contributed by atoms with van der Waals surface area (Å²) in [6.45, 7) is 4.01. The first-order valence-corrected chi connectivity index (χ1v) is 17.6. The summed E-state index contributed by atoms with van der Waals surface area (Å²) < 4.78 is 2.08. The highest BCUT2D eigenvalue weighted by Crippen LogP contribution is 2.41. The molecule has 0 aliphatic carbocycles. The Morgan fingerprint density at radius 1 is 0.481 bits per heavy atom. The Hall–Kier alpha value is -7.54. The van der Waals surface area contributed by atoms with Crippen LogP contribution in [0.15, 0.2) is 146 Å². The van der Waals surface area contributed by atoms with Gasteiger partial charge in [0.1, 0.15) is 0 Å². The molecule has 0 bridgehead atoms. The number of aromatic nitrogens is 1. The van der Waals surface area contributed by atoms with E-state index in [4.69, 9.17) is 0 Å². The fourth-order valence-corrected chi connectivity index (χ4v) is 7.85. The summed E-state index contributed by atoms with van der Waals surface area (Å²) in [5, 5.41) is 20.9. The van der Waals surface area contributed by atoms with Crippen LogP contribution in [0.25, 0.3) is 60.9 Å². The van der Waals surface area contributed by atoms with Gasteiger partial charge in [-0.15, -0.1) is 0 Å². The molecule has 1 aliphatic rings. The number of anilines is 1. The number of hydrogen-bond donors (Lipinski definition) is 0. The molecule has 0 spiro atoms. The second kappa shape index (κ2) is 12.6. The van der Waals surface area contributed by atoms with E-state index in [1.807, 2.05) is 117 Å². The molecule has 54 heavy (non-hydrogen) atoms. The standard InChI is InChI=1S/C48H30N4O2/c1-29-23-31(27-49)11-19-38(29)35-15-21-43-41(25-35)42-26-36(39-20-12-32(28-50)24-30(39)2)16-22-44(42)52(43)45-10-6-9-40-46(45)48(54)51(47(40)53)37-17-13-34(14-18-37)33-7-4-3-5-8-33/h3-26H,1-2H3. The van der Waals surface area contributed by atoms with E-state index in [0.717, 1.165) is 66.3 Å². The predicted molar refractivity (Wildman–Crippen MR) is 214 cm³/mol. The van der Waals surface area contributed by atoms with E-state index < -0.39 is 0 Å². The summed E-state index contributed by atoms with van der Waals surface area (Å²) in [7, 11) is 0. The maximum atomic E-state index is 14.5. The molecule has 6 nitrogen and oxygen atoms in total. The third kappa shape index (κ3) is 5.09. The molecule has 2 heterocycles. The van der Waals surface area contributed by atoms with Gasteiger partial charge in [0.2, 0.25) is 0 Å². The zero-order valence-corrected chi connectivity index (χ0v) is 29.5. The third-order valence-electron chi connectivity index (χ3n) is 10.5. The zero-order chi connectivity index (χ0) is 37.1. The molecule has 7 aromatic carbocycles. The van der Waals surface area contributed by atoms with E-state index in [1.165, 1.54) is 4.90 Å². The first-order valence-electron chi connectivity index (χ1n) is 17.6. The Morgan fingerprint density at radius 2 is 1.02 bits per heavy atom. The molecule has 1 aliphatic heterocycles. The van der Waals surface area contributed by atoms with Crippen LogP contribution in [0.1, 0.15) is 43.0 Å². The molecule has 8 aromatic rings. The number of nitrogens with zero attached hydrogens (tertiary/aromatic N) is 4. The van der Waals surface area contributed by atoms with Gasteiger partial charge in [-0.2, -0.15) is 10.5 Å². The monoisotopic (exact) mass is 694 g/mol. The van der Waals surface area contributed by atoms with Crippen LogP contribution in [-0.2, 0) is 0 Å². The van der Waals surface area contributed by atoms with Gasteiger partial charge in [-0.3, -0.25) is 9.59 Å². The molecule has 9 rings (SSSR count). The van der Waals surface area contributed by atoms with Crippen molar-refractivity contribution in [2.24, 2.45) is 0 Å². The smallest absolute Gasteiger partial charge is 0.268 e. The van der Waals surface area contributed by atoms with Gasteiger partial charge in [-0.1, -0.05) is 72.8 Å². The lowest BCUT2D eigenvalue weighted by Crippen LogP contribution is -2.29. The van der Waals surface area contributed by atoms with Crippen LogP contribution in [0.4, 0.5) is 5.69 Å². The molecular formula is C48H30N4O2. The van der Waals surface area contributed by atoms with E-state index >= 15 is 0 Å². The van der Waals surface area contributed by atoms with Crippen molar-refractivity contribution in [3.63, 3.8) is 0 Å². The highest BCUT2D eigenvalue weighted by atomic mass is 16.2. The second-order valence-electron chi connectivity index (χ2n) is 13.6. The van der Waals surface area contributed by atoms with Crippen molar-refractivity contribution < 1.29 is 9.59 Å². The van der Waals surface area contributed by atoms with Crippen LogP contribution < -0.4 is 4.90 Å². The summed E-state index contributed by atoms with van der Waals surface area (Å²) in [5.74, 6) is -0.732. The molecular weight excluding hydrogens is 665 g/mol. The van der Waals surface area contributed by atoms with Crippen LogP contribution in [0, 0.1) is 36.5 Å². The molecule has 1 aromatic heterocycles. The molecule has 0 radical (unpaired) electrons. The van der Waals surface area contributed by atoms with Gasteiger partial charge in [0.15, 0.2) is 0 Å². The highest BCUT2D eigenvalue weighted by Gasteiger charge is 2.39. The number of imide groups is 1. The van der Waals surface area contributed by atoms with Crippen LogP contribution in [0.5, 0.6) is 0 Å². The number of fused-ring (bicyclic) bond motifs is 4. The van der Waals surface area contributed by atoms with Crippen molar-refractivity contribution in [1.29, 1.82) is 10.5 Å². The first kappa shape index (κ1) is 32.4. The van der Waals surface area contributed by atoms with Crippen LogP contribution in [-0.4, -0.2) is 16.4 Å². The Morgan fingerprint density at radius 3 is 1.56 bits per heavy atom. The number of hydrogen-bond acceptors (Lipinski definition) is 4. The minimum absolute atomic E-state index is 0.354. The summed E-state index contributed by atoms with van der Waals surface area (Å²) in [4.78, 5) is 29.8. The van der Waals surface area contributed by atoms with Gasteiger partial charge >= 0.3 is 0 Å². The minimum atomic E-state index is -0.372. The first-order chi connectivity index (χ1) is 26.3. The lowest BCUT2D eigenvalue weighted by Gasteiger charge is -2.15. The molecule has 6 heteroatoms. The van der Waals surface area contributed by atoms with Gasteiger partial charge in [0, 0.05) is 10.8 Å². The topological polar surface area (TPSA) is 89.9 Å². The number of carbonyl (C=O) groups is 2. The molecule has 254 valence electrons. The van der Waals surface area contributed by atoms with Crippen molar-refractivity contribution in [2.75, 3.05) is 4.90 Å². The molecule has 0 fully saturated rings. The maximum absolute atomic E-state index is 14.5. The fraction of sp³-hybridized carbons (Fsp3) is 0.0417. The predicted octanol–water partition coefficient (Wildman–Crippen LogP) is 10.9. The summed E-state index contributed by atoms with van der Waals surface area (Å²) in [6, 6.07) is 51.4. The second-order valence-corrected chi connectivity index (χ2v) is 13.6. The molecule has 0 saturated carbocycles. The Bertz CT molecular complexity index is 2840. The van der Waals surface area contributed by atoms with Crippen molar-refractivity contribution >= 4 is 39.3 Å². The van der Waals surface area contributed by atoms with Crippen LogP contribution in [0.3, 0.4) is 0 Å². The third-order valence-corrected chi connectivity index (χ3v) is 10.5. The largest absolute Gasteiger partial charge is 0.308 e. The number of carbonyl (C=O) groups excluding carboxylic acids is 2. The lowest BCUT2D eigenvalue weighted by molar-refractivity contribution is 0.0926. The lowest BCUT2D eigenvalue weighted by atomic mass is 9.95. The van der Waals surface area contributed by atoms with Crippen LogP contribution in [0.2, 0.25) is 0 Å². The van der Waals surface area contributed by atoms with E-state index in [0.29, 0.717) is 33.6 Å². The number of rotatable bonds is 5. The highest BCUT2D eigenvalue weighted by molar-refractivity contribution is 6.35. The molecule has 0 N–H and O–H groups in total. The Labute approximate surface area is 312 Å².